The summed E-state index contributed by atoms with van der Waals surface area (Å²) < 4.78 is 0. The molecule has 0 bridgehead atoms. The molecule has 1 aromatic carbocycles. The second-order valence-electron chi connectivity index (χ2n) is 5.09. The first-order chi connectivity index (χ1) is 10.5. The third-order valence-electron chi connectivity index (χ3n) is 3.58. The summed E-state index contributed by atoms with van der Waals surface area (Å²) >= 11 is 0. The van der Waals surface area contributed by atoms with Crippen LogP contribution < -0.4 is 5.32 Å². The highest BCUT2D eigenvalue weighted by molar-refractivity contribution is 5.97. The number of H-pyrrole nitrogens is 1. The molecular formula is C15H18N4O3. The number of carboxylic acid groups (broad SMARTS) is 1. The molecule has 7 nitrogen and oxygen atoms in total. The number of carboxylic acids is 1. The summed E-state index contributed by atoms with van der Waals surface area (Å²) in [5.74, 6) is -1.06. The van der Waals surface area contributed by atoms with E-state index < -0.39 is 17.9 Å². The summed E-state index contributed by atoms with van der Waals surface area (Å²) in [5, 5.41) is 18.3. The fraction of sp³-hybridized carbons (Fsp3) is 0.333. The van der Waals surface area contributed by atoms with Gasteiger partial charge in [-0.25, -0.2) is 9.78 Å². The van der Waals surface area contributed by atoms with E-state index in [0.717, 1.165) is 0 Å². The van der Waals surface area contributed by atoms with Gasteiger partial charge >= 0.3 is 5.97 Å². The smallest absolute Gasteiger partial charge is 0.326 e. The van der Waals surface area contributed by atoms with Crippen molar-refractivity contribution in [3.63, 3.8) is 0 Å². The van der Waals surface area contributed by atoms with E-state index in [2.05, 4.69) is 20.5 Å². The number of carbonyl (C=O) groups excluding carboxylic acids is 1. The fourth-order valence-electron chi connectivity index (χ4n) is 2.06. The zero-order chi connectivity index (χ0) is 16.1. The number of benzene rings is 1. The average molecular weight is 302 g/mol. The van der Waals surface area contributed by atoms with Crippen LogP contribution in [0.3, 0.4) is 0 Å². The first-order valence-electron chi connectivity index (χ1n) is 7.02. The van der Waals surface area contributed by atoms with Crippen molar-refractivity contribution in [2.45, 2.75) is 26.3 Å². The SMILES string of the molecule is CC[C@H](C)[C@H](NC(=O)c1cccc(-c2ncn[nH]2)c1)C(=O)O. The van der Waals surface area contributed by atoms with Crippen molar-refractivity contribution in [2.24, 2.45) is 5.92 Å². The normalized spacial score (nSPS) is 13.4. The number of aromatic amines is 1. The summed E-state index contributed by atoms with van der Waals surface area (Å²) in [4.78, 5) is 27.6. The number of aliphatic carboxylic acids is 1. The Labute approximate surface area is 127 Å². The lowest BCUT2D eigenvalue weighted by Crippen LogP contribution is -2.45. The van der Waals surface area contributed by atoms with E-state index in [1.807, 2.05) is 6.92 Å². The summed E-state index contributed by atoms with van der Waals surface area (Å²) in [6.07, 6.45) is 2.04. The first kappa shape index (κ1) is 15.7. The standard InChI is InChI=1S/C15H18N4O3/c1-3-9(2)12(15(21)22)18-14(20)11-6-4-5-10(7-11)13-16-8-17-19-13/h4-9,12H,3H2,1-2H3,(H,18,20)(H,21,22)(H,16,17,19)/t9-,12-/m0/s1. The van der Waals surface area contributed by atoms with E-state index in [1.165, 1.54) is 6.33 Å². The van der Waals surface area contributed by atoms with Crippen LogP contribution in [-0.2, 0) is 4.79 Å². The minimum Gasteiger partial charge on any atom is -0.480 e. The van der Waals surface area contributed by atoms with Crippen molar-refractivity contribution in [3.8, 4) is 11.4 Å². The largest absolute Gasteiger partial charge is 0.480 e. The molecule has 1 heterocycles. The van der Waals surface area contributed by atoms with Gasteiger partial charge in [-0.15, -0.1) is 0 Å². The van der Waals surface area contributed by atoms with Crippen LogP contribution in [0.2, 0.25) is 0 Å². The van der Waals surface area contributed by atoms with Crippen LogP contribution in [0, 0.1) is 5.92 Å². The molecule has 0 radical (unpaired) electrons. The number of rotatable bonds is 6. The zero-order valence-corrected chi connectivity index (χ0v) is 12.4. The number of hydrogen-bond donors (Lipinski definition) is 3. The van der Waals surface area contributed by atoms with Gasteiger partial charge in [0, 0.05) is 11.1 Å². The lowest BCUT2D eigenvalue weighted by molar-refractivity contribution is -0.140. The average Bonchev–Trinajstić information content (AvgIpc) is 3.06. The second kappa shape index (κ2) is 6.84. The highest BCUT2D eigenvalue weighted by Crippen LogP contribution is 2.16. The second-order valence-corrected chi connectivity index (χ2v) is 5.09. The maximum absolute atomic E-state index is 12.3. The first-order valence-corrected chi connectivity index (χ1v) is 7.02. The Hall–Kier alpha value is -2.70. The van der Waals surface area contributed by atoms with Gasteiger partial charge in [-0.05, 0) is 18.1 Å². The molecule has 116 valence electrons. The maximum atomic E-state index is 12.3. The van der Waals surface area contributed by atoms with Crippen molar-refractivity contribution in [3.05, 3.63) is 36.2 Å². The number of aromatic nitrogens is 3. The number of nitrogens with zero attached hydrogens (tertiary/aromatic N) is 2. The molecule has 0 saturated carbocycles. The van der Waals surface area contributed by atoms with Gasteiger partial charge in [-0.2, -0.15) is 5.10 Å². The molecule has 0 aliphatic heterocycles. The molecule has 7 heteroatoms. The number of amides is 1. The molecule has 0 aliphatic rings. The summed E-state index contributed by atoms with van der Waals surface area (Å²) in [5.41, 5.74) is 1.09. The fourth-order valence-corrected chi connectivity index (χ4v) is 2.06. The third kappa shape index (κ3) is 3.49. The Morgan fingerprint density at radius 2 is 2.18 bits per heavy atom. The van der Waals surface area contributed by atoms with Gasteiger partial charge in [0.05, 0.1) is 0 Å². The Morgan fingerprint density at radius 1 is 1.41 bits per heavy atom. The summed E-state index contributed by atoms with van der Waals surface area (Å²) in [6.45, 7) is 3.68. The molecule has 1 aromatic heterocycles. The van der Waals surface area contributed by atoms with Gasteiger partial charge in [-0.3, -0.25) is 9.89 Å². The van der Waals surface area contributed by atoms with Crippen molar-refractivity contribution < 1.29 is 14.7 Å². The number of hydrogen-bond acceptors (Lipinski definition) is 4. The molecule has 22 heavy (non-hydrogen) atoms. The monoisotopic (exact) mass is 302 g/mol. The van der Waals surface area contributed by atoms with Crippen molar-refractivity contribution in [1.29, 1.82) is 0 Å². The predicted molar refractivity (Wildman–Crippen MR) is 80.2 cm³/mol. The van der Waals surface area contributed by atoms with E-state index in [1.54, 1.807) is 31.2 Å². The lowest BCUT2D eigenvalue weighted by Gasteiger charge is -2.20. The van der Waals surface area contributed by atoms with E-state index in [0.29, 0.717) is 23.4 Å². The highest BCUT2D eigenvalue weighted by Gasteiger charge is 2.25. The molecule has 0 spiro atoms. The quantitative estimate of drug-likeness (QED) is 0.752. The molecule has 0 unspecified atom stereocenters. The lowest BCUT2D eigenvalue weighted by atomic mass is 9.98. The van der Waals surface area contributed by atoms with E-state index in [4.69, 9.17) is 0 Å². The molecule has 2 atom stereocenters. The zero-order valence-electron chi connectivity index (χ0n) is 12.4. The molecule has 0 fully saturated rings. The topological polar surface area (TPSA) is 108 Å². The van der Waals surface area contributed by atoms with Crippen LogP contribution in [0.5, 0.6) is 0 Å². The van der Waals surface area contributed by atoms with Crippen LogP contribution in [0.25, 0.3) is 11.4 Å². The van der Waals surface area contributed by atoms with Crippen molar-refractivity contribution in [1.82, 2.24) is 20.5 Å². The minimum absolute atomic E-state index is 0.154. The highest BCUT2D eigenvalue weighted by atomic mass is 16.4. The van der Waals surface area contributed by atoms with E-state index in [-0.39, 0.29) is 5.92 Å². The van der Waals surface area contributed by atoms with Crippen molar-refractivity contribution in [2.75, 3.05) is 0 Å². The van der Waals surface area contributed by atoms with Crippen LogP contribution in [0.4, 0.5) is 0 Å². The van der Waals surface area contributed by atoms with Crippen molar-refractivity contribution >= 4 is 11.9 Å². The molecule has 0 aliphatic carbocycles. The van der Waals surface area contributed by atoms with Crippen LogP contribution in [0.1, 0.15) is 30.6 Å². The maximum Gasteiger partial charge on any atom is 0.326 e. The molecule has 3 N–H and O–H groups in total. The summed E-state index contributed by atoms with van der Waals surface area (Å²) in [7, 11) is 0. The van der Waals surface area contributed by atoms with Gasteiger partial charge in [0.1, 0.15) is 12.4 Å². The Morgan fingerprint density at radius 3 is 2.77 bits per heavy atom. The Bertz CT molecular complexity index is 655. The molecular weight excluding hydrogens is 284 g/mol. The van der Waals surface area contributed by atoms with Gasteiger partial charge in [0.25, 0.3) is 5.91 Å². The van der Waals surface area contributed by atoms with E-state index >= 15 is 0 Å². The molecule has 2 rings (SSSR count). The molecule has 1 amide bonds. The van der Waals surface area contributed by atoms with E-state index in [9.17, 15) is 14.7 Å². The van der Waals surface area contributed by atoms with Crippen LogP contribution in [0.15, 0.2) is 30.6 Å². The third-order valence-corrected chi connectivity index (χ3v) is 3.58. The van der Waals surface area contributed by atoms with Gasteiger partial charge in [0.15, 0.2) is 5.82 Å². The van der Waals surface area contributed by atoms with Gasteiger partial charge < -0.3 is 10.4 Å². The van der Waals surface area contributed by atoms with Gasteiger partial charge in [0.2, 0.25) is 0 Å². The predicted octanol–water partition coefficient (Wildman–Crippen LogP) is 1.70. The van der Waals surface area contributed by atoms with Crippen LogP contribution in [-0.4, -0.2) is 38.2 Å². The minimum atomic E-state index is -1.03. The molecule has 0 saturated heterocycles. The number of carbonyl (C=O) groups is 2. The number of nitrogens with one attached hydrogen (secondary N) is 2. The Balaban J connectivity index is 2.19. The summed E-state index contributed by atoms with van der Waals surface area (Å²) in [6, 6.07) is 5.87. The van der Waals surface area contributed by atoms with Gasteiger partial charge in [-0.1, -0.05) is 32.4 Å². The molecule has 2 aromatic rings. The Kier molecular flexibility index (Phi) is 4.88. The van der Waals surface area contributed by atoms with Crippen LogP contribution >= 0.6 is 0 Å².